The Morgan fingerprint density at radius 1 is 1.12 bits per heavy atom. The summed E-state index contributed by atoms with van der Waals surface area (Å²) in [4.78, 5) is 30.8. The van der Waals surface area contributed by atoms with Gasteiger partial charge in [0.2, 0.25) is 5.91 Å². The number of imidazole rings is 1. The fraction of sp³-hybridized carbons (Fsp3) is 0.542. The van der Waals surface area contributed by atoms with Crippen molar-refractivity contribution < 1.29 is 23.1 Å². The molecule has 2 amide bonds. The first-order chi connectivity index (χ1) is 15.3. The van der Waals surface area contributed by atoms with E-state index in [1.807, 2.05) is 41.5 Å². The molecule has 0 unspecified atom stereocenters. The summed E-state index contributed by atoms with van der Waals surface area (Å²) in [7, 11) is 0. The molecule has 2 heterocycles. The highest BCUT2D eigenvalue weighted by atomic mass is 19.2. The highest BCUT2D eigenvalue weighted by Gasteiger charge is 2.36. The summed E-state index contributed by atoms with van der Waals surface area (Å²) in [5.41, 5.74) is -0.0389. The van der Waals surface area contributed by atoms with Crippen LogP contribution < -0.4 is 10.6 Å². The van der Waals surface area contributed by atoms with Gasteiger partial charge in [-0.1, -0.05) is 20.8 Å². The summed E-state index contributed by atoms with van der Waals surface area (Å²) in [6.45, 7) is 12.4. The van der Waals surface area contributed by atoms with Crippen molar-refractivity contribution in [2.24, 2.45) is 5.41 Å². The third-order valence-electron chi connectivity index (χ3n) is 5.28. The number of nitrogens with zero attached hydrogens (tertiary/aromatic N) is 2. The molecule has 2 N–H and O–H groups in total. The zero-order valence-electron chi connectivity index (χ0n) is 20.0. The Morgan fingerprint density at radius 2 is 1.82 bits per heavy atom. The van der Waals surface area contributed by atoms with Crippen LogP contribution >= 0.6 is 0 Å². The van der Waals surface area contributed by atoms with Gasteiger partial charge in [-0.25, -0.2) is 13.8 Å². The van der Waals surface area contributed by atoms with Crippen molar-refractivity contribution in [2.45, 2.75) is 72.7 Å². The number of rotatable bonds is 4. The first kappa shape index (κ1) is 24.8. The maximum atomic E-state index is 13.9. The second kappa shape index (κ2) is 9.21. The molecule has 0 spiro atoms. The van der Waals surface area contributed by atoms with E-state index in [9.17, 15) is 18.4 Å². The van der Waals surface area contributed by atoms with E-state index >= 15 is 0 Å². The Balaban J connectivity index is 2.00. The number of aromatic nitrogens is 2. The molecule has 7 nitrogen and oxygen atoms in total. The summed E-state index contributed by atoms with van der Waals surface area (Å²) in [6, 6.07) is 2.70. The topological polar surface area (TPSA) is 85.3 Å². The number of nitrogens with one attached hydrogen (secondary N) is 2. The molecule has 1 aromatic carbocycles. The molecular weight excluding hydrogens is 430 g/mol. The lowest BCUT2D eigenvalue weighted by Gasteiger charge is -2.33. The molecule has 0 saturated carbocycles. The number of fused-ring (bicyclic) bond motifs is 1. The van der Waals surface area contributed by atoms with Crippen LogP contribution in [0.3, 0.4) is 0 Å². The lowest BCUT2D eigenvalue weighted by Crippen LogP contribution is -2.57. The lowest BCUT2D eigenvalue weighted by molar-refractivity contribution is -0.126. The molecule has 0 saturated heterocycles. The van der Waals surface area contributed by atoms with Crippen molar-refractivity contribution >= 4 is 11.8 Å². The quantitative estimate of drug-likeness (QED) is 0.724. The molecule has 0 fully saturated rings. The molecule has 1 aromatic heterocycles. The predicted molar refractivity (Wildman–Crippen MR) is 120 cm³/mol. The maximum absolute atomic E-state index is 13.9. The standard InChI is InChI=1S/C24H32F2N4O3/c1-23(2,3)19(22(32)29-24(4,5)6)28-21(31)18-17-13-33-11-7-10-30(17)20(27-18)14-8-9-15(25)16(26)12-14/h8-9,12,19H,7,10-11,13H2,1-6H3,(H,28,31)(H,29,32)/t19-/m1/s1. The molecule has 3 rings (SSSR count). The normalized spacial score (nSPS) is 15.4. The van der Waals surface area contributed by atoms with Crippen LogP contribution in [0.1, 0.15) is 64.1 Å². The maximum Gasteiger partial charge on any atom is 0.272 e. The number of hydrogen-bond acceptors (Lipinski definition) is 4. The van der Waals surface area contributed by atoms with E-state index < -0.39 is 34.5 Å². The van der Waals surface area contributed by atoms with Crippen molar-refractivity contribution in [1.29, 1.82) is 0 Å². The fourth-order valence-electron chi connectivity index (χ4n) is 3.72. The molecule has 0 radical (unpaired) electrons. The van der Waals surface area contributed by atoms with Gasteiger partial charge < -0.3 is 19.9 Å². The van der Waals surface area contributed by atoms with E-state index in [4.69, 9.17) is 4.74 Å². The number of halogens is 2. The van der Waals surface area contributed by atoms with E-state index in [1.165, 1.54) is 6.07 Å². The van der Waals surface area contributed by atoms with E-state index in [0.717, 1.165) is 12.1 Å². The molecule has 1 aliphatic heterocycles. The number of benzene rings is 1. The number of carbonyl (C=O) groups is 2. The molecule has 0 aliphatic carbocycles. The lowest BCUT2D eigenvalue weighted by atomic mass is 9.85. The summed E-state index contributed by atoms with van der Waals surface area (Å²) in [5, 5.41) is 5.75. The molecule has 0 bridgehead atoms. The molecule has 1 aliphatic rings. The zero-order chi connectivity index (χ0) is 24.6. The van der Waals surface area contributed by atoms with Gasteiger partial charge in [0.15, 0.2) is 17.3 Å². The molecule has 2 aromatic rings. The van der Waals surface area contributed by atoms with Gasteiger partial charge in [0.05, 0.1) is 12.3 Å². The van der Waals surface area contributed by atoms with Crippen LogP contribution in [-0.4, -0.2) is 39.6 Å². The van der Waals surface area contributed by atoms with Crippen molar-refractivity contribution in [1.82, 2.24) is 20.2 Å². The summed E-state index contributed by atoms with van der Waals surface area (Å²) < 4.78 is 34.8. The van der Waals surface area contributed by atoms with Gasteiger partial charge >= 0.3 is 0 Å². The van der Waals surface area contributed by atoms with Crippen molar-refractivity contribution in [3.05, 3.63) is 41.2 Å². The second-order valence-corrected chi connectivity index (χ2v) is 10.4. The highest BCUT2D eigenvalue weighted by molar-refractivity contribution is 5.98. The molecule has 9 heteroatoms. The van der Waals surface area contributed by atoms with E-state index in [0.29, 0.717) is 36.7 Å². The first-order valence-electron chi connectivity index (χ1n) is 11.0. The number of amides is 2. The van der Waals surface area contributed by atoms with Crippen LogP contribution in [0.2, 0.25) is 0 Å². The minimum Gasteiger partial charge on any atom is -0.375 e. The van der Waals surface area contributed by atoms with Gasteiger partial charge in [-0.3, -0.25) is 9.59 Å². The average Bonchev–Trinajstić information content (AvgIpc) is 2.87. The van der Waals surface area contributed by atoms with Crippen molar-refractivity contribution in [3.63, 3.8) is 0 Å². The largest absolute Gasteiger partial charge is 0.375 e. The summed E-state index contributed by atoms with van der Waals surface area (Å²) in [5.74, 6) is -2.42. The van der Waals surface area contributed by atoms with Crippen LogP contribution in [0.15, 0.2) is 18.2 Å². The monoisotopic (exact) mass is 462 g/mol. The SMILES string of the molecule is CC(C)(C)NC(=O)[C@@H](NC(=O)c1nc(-c2ccc(F)c(F)c2)n2c1COCCC2)C(C)(C)C. The Bertz CT molecular complexity index is 1050. The Hall–Kier alpha value is -2.81. The van der Waals surface area contributed by atoms with Crippen LogP contribution in [0.5, 0.6) is 0 Å². The minimum atomic E-state index is -0.993. The second-order valence-electron chi connectivity index (χ2n) is 10.4. The third kappa shape index (κ3) is 5.76. The minimum absolute atomic E-state index is 0.106. The van der Waals surface area contributed by atoms with E-state index in [1.54, 1.807) is 4.57 Å². The summed E-state index contributed by atoms with van der Waals surface area (Å²) >= 11 is 0. The van der Waals surface area contributed by atoms with Crippen molar-refractivity contribution in [3.8, 4) is 11.4 Å². The van der Waals surface area contributed by atoms with Crippen LogP contribution in [0.25, 0.3) is 11.4 Å². The average molecular weight is 463 g/mol. The van der Waals surface area contributed by atoms with Crippen LogP contribution in [0, 0.1) is 17.0 Å². The number of hydrogen-bond donors (Lipinski definition) is 2. The third-order valence-corrected chi connectivity index (χ3v) is 5.28. The van der Waals surface area contributed by atoms with Gasteiger partial charge in [0, 0.05) is 24.3 Å². The van der Waals surface area contributed by atoms with Gasteiger partial charge in [-0.05, 0) is 50.8 Å². The number of ether oxygens (including phenoxy) is 1. The smallest absolute Gasteiger partial charge is 0.272 e. The molecular formula is C24H32F2N4O3. The predicted octanol–water partition coefficient (Wildman–Crippen LogP) is 3.81. The molecule has 33 heavy (non-hydrogen) atoms. The fourth-order valence-corrected chi connectivity index (χ4v) is 3.72. The van der Waals surface area contributed by atoms with Gasteiger partial charge in [0.1, 0.15) is 11.9 Å². The molecule has 1 atom stereocenters. The Labute approximate surface area is 192 Å². The van der Waals surface area contributed by atoms with Crippen molar-refractivity contribution in [2.75, 3.05) is 6.61 Å². The van der Waals surface area contributed by atoms with Gasteiger partial charge in [0.25, 0.3) is 5.91 Å². The Morgan fingerprint density at radius 3 is 2.42 bits per heavy atom. The number of carbonyl (C=O) groups excluding carboxylic acids is 2. The zero-order valence-corrected chi connectivity index (χ0v) is 20.0. The van der Waals surface area contributed by atoms with E-state index in [2.05, 4.69) is 15.6 Å². The first-order valence-corrected chi connectivity index (χ1v) is 11.0. The van der Waals surface area contributed by atoms with Crippen LogP contribution in [-0.2, 0) is 22.7 Å². The Kier molecular flexibility index (Phi) is 6.93. The summed E-state index contributed by atoms with van der Waals surface area (Å²) in [6.07, 6.45) is 0.680. The highest BCUT2D eigenvalue weighted by Crippen LogP contribution is 2.28. The van der Waals surface area contributed by atoms with E-state index in [-0.39, 0.29) is 18.2 Å². The molecule has 180 valence electrons. The van der Waals surface area contributed by atoms with Gasteiger partial charge in [-0.2, -0.15) is 0 Å². The van der Waals surface area contributed by atoms with Crippen LogP contribution in [0.4, 0.5) is 8.78 Å². The van der Waals surface area contributed by atoms with Gasteiger partial charge in [-0.15, -0.1) is 0 Å².